The van der Waals surface area contributed by atoms with Gasteiger partial charge in [-0.05, 0) is 36.6 Å². The minimum Gasteiger partial charge on any atom is -0.390 e. The Morgan fingerprint density at radius 1 is 1.44 bits per heavy atom. The van der Waals surface area contributed by atoms with Crippen LogP contribution in [0.4, 0.5) is 0 Å². The second kappa shape index (κ2) is 7.14. The average Bonchev–Trinajstić information content (AvgIpc) is 2.27. The number of thioether (sulfide) groups is 1. The van der Waals surface area contributed by atoms with Crippen LogP contribution in [0, 0.1) is 6.92 Å². The van der Waals surface area contributed by atoms with Gasteiger partial charge < -0.3 is 10.2 Å². The summed E-state index contributed by atoms with van der Waals surface area (Å²) in [7, 11) is 0. The first-order valence-electron chi connectivity index (χ1n) is 5.67. The molecule has 2 atom stereocenters. The highest BCUT2D eigenvalue weighted by Crippen LogP contribution is 2.25. The quantitative estimate of drug-likeness (QED) is 0.875. The Hall–Kier alpha value is -0.550. The molecular formula is C13H17ClO3S. The van der Waals surface area contributed by atoms with Crippen LogP contribution in [0.15, 0.2) is 18.2 Å². The van der Waals surface area contributed by atoms with Crippen LogP contribution in [0.5, 0.6) is 0 Å². The Morgan fingerprint density at radius 2 is 2.11 bits per heavy atom. The van der Waals surface area contributed by atoms with Gasteiger partial charge in [-0.1, -0.05) is 29.4 Å². The molecule has 0 saturated carbocycles. The van der Waals surface area contributed by atoms with E-state index in [0.29, 0.717) is 22.8 Å². The molecule has 0 aromatic heterocycles. The van der Waals surface area contributed by atoms with Gasteiger partial charge in [0.15, 0.2) is 5.12 Å². The van der Waals surface area contributed by atoms with E-state index in [4.69, 9.17) is 11.6 Å². The van der Waals surface area contributed by atoms with Crippen molar-refractivity contribution in [2.24, 2.45) is 0 Å². The molecule has 18 heavy (non-hydrogen) atoms. The van der Waals surface area contributed by atoms with Crippen molar-refractivity contribution >= 4 is 28.5 Å². The molecule has 100 valence electrons. The van der Waals surface area contributed by atoms with Crippen molar-refractivity contribution in [2.75, 3.05) is 5.75 Å². The highest BCUT2D eigenvalue weighted by atomic mass is 35.5. The summed E-state index contributed by atoms with van der Waals surface area (Å²) in [6.45, 7) is 3.32. The number of aliphatic hydroxyl groups excluding tert-OH is 2. The highest BCUT2D eigenvalue weighted by molar-refractivity contribution is 8.13. The number of aliphatic hydroxyl groups is 2. The normalized spacial score (nSPS) is 14.3. The molecule has 0 amide bonds. The molecule has 0 radical (unpaired) electrons. The van der Waals surface area contributed by atoms with Gasteiger partial charge in [0.05, 0.1) is 6.10 Å². The smallest absolute Gasteiger partial charge is 0.185 e. The van der Waals surface area contributed by atoms with Gasteiger partial charge in [0, 0.05) is 17.7 Å². The first kappa shape index (κ1) is 15.5. The molecule has 1 rings (SSSR count). The number of carbonyl (C=O) groups excluding carboxylic acids is 1. The van der Waals surface area contributed by atoms with Gasteiger partial charge in [0.2, 0.25) is 0 Å². The van der Waals surface area contributed by atoms with Gasteiger partial charge >= 0.3 is 0 Å². The van der Waals surface area contributed by atoms with Gasteiger partial charge in [0.1, 0.15) is 6.10 Å². The van der Waals surface area contributed by atoms with E-state index in [0.717, 1.165) is 17.3 Å². The number of aryl methyl sites for hydroxylation is 1. The number of benzene rings is 1. The summed E-state index contributed by atoms with van der Waals surface area (Å²) in [5.41, 5.74) is 1.51. The monoisotopic (exact) mass is 288 g/mol. The molecule has 3 nitrogen and oxygen atoms in total. The summed E-state index contributed by atoms with van der Waals surface area (Å²) in [5.74, 6) is 0.500. The zero-order valence-electron chi connectivity index (χ0n) is 10.4. The van der Waals surface area contributed by atoms with Gasteiger partial charge in [-0.2, -0.15) is 0 Å². The molecule has 0 heterocycles. The maximum Gasteiger partial charge on any atom is 0.185 e. The standard InChI is InChI=1S/C13H17ClO3S/c1-8-7-10(14)3-4-11(8)13(17)12(16)5-6-18-9(2)15/h3-4,7,12-13,16-17H,5-6H2,1-2H3. The van der Waals surface area contributed by atoms with Crippen LogP contribution in [-0.2, 0) is 4.79 Å². The minimum atomic E-state index is -0.949. The van der Waals surface area contributed by atoms with Crippen molar-refractivity contribution in [2.45, 2.75) is 32.5 Å². The van der Waals surface area contributed by atoms with Crippen LogP contribution in [-0.4, -0.2) is 27.2 Å². The molecule has 0 spiro atoms. The molecule has 2 N–H and O–H groups in total. The van der Waals surface area contributed by atoms with E-state index in [1.807, 2.05) is 6.92 Å². The number of halogens is 1. The molecule has 5 heteroatoms. The van der Waals surface area contributed by atoms with Gasteiger partial charge in [-0.25, -0.2) is 0 Å². The molecule has 2 unspecified atom stereocenters. The fourth-order valence-corrected chi connectivity index (χ4v) is 2.53. The molecular weight excluding hydrogens is 272 g/mol. The fraction of sp³-hybridized carbons (Fsp3) is 0.462. The van der Waals surface area contributed by atoms with E-state index >= 15 is 0 Å². The third-order valence-electron chi connectivity index (χ3n) is 2.63. The summed E-state index contributed by atoms with van der Waals surface area (Å²) in [4.78, 5) is 10.8. The second-order valence-electron chi connectivity index (χ2n) is 4.14. The summed E-state index contributed by atoms with van der Waals surface area (Å²) in [5, 5.41) is 20.5. The Labute approximate surface area is 116 Å². The van der Waals surface area contributed by atoms with Crippen LogP contribution in [0.1, 0.15) is 30.6 Å². The minimum absolute atomic E-state index is 0.0133. The third-order valence-corrected chi connectivity index (χ3v) is 3.72. The van der Waals surface area contributed by atoms with Crippen molar-refractivity contribution in [3.63, 3.8) is 0 Å². The lowest BCUT2D eigenvalue weighted by molar-refractivity contribution is -0.109. The SMILES string of the molecule is CC(=O)SCCC(O)C(O)c1ccc(Cl)cc1C. The highest BCUT2D eigenvalue weighted by Gasteiger charge is 2.20. The molecule has 0 bridgehead atoms. The summed E-state index contributed by atoms with van der Waals surface area (Å²) >= 11 is 6.98. The van der Waals surface area contributed by atoms with Gasteiger partial charge in [-0.3, -0.25) is 4.79 Å². The van der Waals surface area contributed by atoms with Crippen LogP contribution < -0.4 is 0 Å². The zero-order valence-corrected chi connectivity index (χ0v) is 12.0. The molecule has 0 fully saturated rings. The van der Waals surface area contributed by atoms with E-state index < -0.39 is 12.2 Å². The number of carbonyl (C=O) groups is 1. The number of hydrogen-bond donors (Lipinski definition) is 2. The van der Waals surface area contributed by atoms with Crippen molar-refractivity contribution < 1.29 is 15.0 Å². The molecule has 0 aliphatic rings. The summed E-state index contributed by atoms with van der Waals surface area (Å²) in [6.07, 6.45) is -1.46. The fourth-order valence-electron chi connectivity index (χ4n) is 1.66. The molecule has 0 aliphatic heterocycles. The zero-order chi connectivity index (χ0) is 13.7. The van der Waals surface area contributed by atoms with E-state index in [1.54, 1.807) is 18.2 Å². The lowest BCUT2D eigenvalue weighted by Crippen LogP contribution is -2.20. The van der Waals surface area contributed by atoms with Crippen molar-refractivity contribution in [1.82, 2.24) is 0 Å². The number of hydrogen-bond acceptors (Lipinski definition) is 4. The summed E-state index contributed by atoms with van der Waals surface area (Å²) < 4.78 is 0. The van der Waals surface area contributed by atoms with Crippen molar-refractivity contribution in [1.29, 1.82) is 0 Å². The average molecular weight is 289 g/mol. The molecule has 0 aliphatic carbocycles. The first-order chi connectivity index (χ1) is 8.41. The molecule has 1 aromatic carbocycles. The Kier molecular flexibility index (Phi) is 6.15. The lowest BCUT2D eigenvalue weighted by Gasteiger charge is -2.19. The topological polar surface area (TPSA) is 57.5 Å². The second-order valence-corrected chi connectivity index (χ2v) is 5.85. The Balaban J connectivity index is 2.62. The number of rotatable bonds is 5. The van der Waals surface area contributed by atoms with E-state index in [1.165, 1.54) is 6.92 Å². The van der Waals surface area contributed by atoms with Crippen molar-refractivity contribution in [3.8, 4) is 0 Å². The van der Waals surface area contributed by atoms with E-state index in [9.17, 15) is 15.0 Å². The van der Waals surface area contributed by atoms with E-state index in [-0.39, 0.29) is 5.12 Å². The maximum atomic E-state index is 10.8. The van der Waals surface area contributed by atoms with Crippen LogP contribution in [0.3, 0.4) is 0 Å². The van der Waals surface area contributed by atoms with Gasteiger partial charge in [-0.15, -0.1) is 0 Å². The predicted octanol–water partition coefficient (Wildman–Crippen LogP) is 2.71. The van der Waals surface area contributed by atoms with Crippen LogP contribution >= 0.6 is 23.4 Å². The largest absolute Gasteiger partial charge is 0.390 e. The third kappa shape index (κ3) is 4.61. The van der Waals surface area contributed by atoms with Crippen LogP contribution in [0.2, 0.25) is 5.02 Å². The van der Waals surface area contributed by atoms with Crippen molar-refractivity contribution in [3.05, 3.63) is 34.3 Å². The maximum absolute atomic E-state index is 10.8. The molecule has 0 saturated heterocycles. The summed E-state index contributed by atoms with van der Waals surface area (Å²) in [6, 6.07) is 5.14. The first-order valence-corrected chi connectivity index (χ1v) is 7.03. The lowest BCUT2D eigenvalue weighted by atomic mass is 9.98. The predicted molar refractivity (Wildman–Crippen MR) is 74.9 cm³/mol. The molecule has 1 aromatic rings. The van der Waals surface area contributed by atoms with Gasteiger partial charge in [0.25, 0.3) is 0 Å². The van der Waals surface area contributed by atoms with E-state index in [2.05, 4.69) is 0 Å². The Morgan fingerprint density at radius 3 is 2.67 bits per heavy atom. The van der Waals surface area contributed by atoms with Crippen LogP contribution in [0.25, 0.3) is 0 Å². The Bertz CT molecular complexity index is 423.